The van der Waals surface area contributed by atoms with Crippen molar-refractivity contribution >= 4 is 39.1 Å². The highest BCUT2D eigenvalue weighted by Gasteiger charge is 2.27. The lowest BCUT2D eigenvalue weighted by atomic mass is 10.0. The minimum atomic E-state index is -0.521. The highest BCUT2D eigenvalue weighted by atomic mass is 32.1. The summed E-state index contributed by atoms with van der Waals surface area (Å²) in [4.78, 5) is 27.5. The van der Waals surface area contributed by atoms with E-state index in [4.69, 9.17) is 4.74 Å². The van der Waals surface area contributed by atoms with E-state index in [2.05, 4.69) is 30.4 Å². The lowest BCUT2D eigenvalue weighted by molar-refractivity contribution is 0.0529. The van der Waals surface area contributed by atoms with Crippen LogP contribution in [0.25, 0.3) is 22.0 Å². The maximum absolute atomic E-state index is 13.6. The lowest BCUT2D eigenvalue weighted by Crippen LogP contribution is -2.19. The van der Waals surface area contributed by atoms with E-state index in [0.717, 1.165) is 27.8 Å². The maximum Gasteiger partial charge on any atom is 0.341 e. The normalized spacial score (nSPS) is 11.1. The number of rotatable bonds is 7. The van der Waals surface area contributed by atoms with Crippen LogP contribution in [0.4, 0.5) is 9.39 Å². The number of amides is 1. The number of hydrogen-bond donors (Lipinski definition) is 1. The van der Waals surface area contributed by atoms with Crippen molar-refractivity contribution in [3.05, 3.63) is 75.5 Å². The van der Waals surface area contributed by atoms with Gasteiger partial charge in [-0.2, -0.15) is 0 Å². The third kappa shape index (κ3) is 4.48. The SMILES string of the molecule is CCOC(=O)c1c(NC(=O)c2c(C)c3cc(CC)ccc3n2CC)sc(C)c1-c1ccc(F)cc1. The summed E-state index contributed by atoms with van der Waals surface area (Å²) in [6, 6.07) is 12.3. The van der Waals surface area contributed by atoms with Crippen LogP contribution in [0.5, 0.6) is 0 Å². The molecule has 4 rings (SSSR count). The fourth-order valence-electron chi connectivity index (χ4n) is 4.57. The first kappa shape index (κ1) is 24.7. The van der Waals surface area contributed by atoms with Crippen LogP contribution in [0.2, 0.25) is 0 Å². The van der Waals surface area contributed by atoms with Crippen molar-refractivity contribution in [3.8, 4) is 11.1 Å². The number of carbonyl (C=O) groups excluding carboxylic acids is 2. The van der Waals surface area contributed by atoms with Gasteiger partial charge >= 0.3 is 5.97 Å². The number of thiophene rings is 1. The molecule has 7 heteroatoms. The Bertz CT molecular complexity index is 1420. The molecule has 0 aliphatic rings. The monoisotopic (exact) mass is 492 g/mol. The molecule has 182 valence electrons. The molecule has 0 aliphatic heterocycles. The van der Waals surface area contributed by atoms with Crippen molar-refractivity contribution < 1.29 is 18.7 Å². The summed E-state index contributed by atoms with van der Waals surface area (Å²) in [6.45, 7) is 10.5. The van der Waals surface area contributed by atoms with Gasteiger partial charge in [-0.25, -0.2) is 9.18 Å². The first-order valence-corrected chi connectivity index (χ1v) is 12.6. The predicted octanol–water partition coefficient (Wildman–Crippen LogP) is 7.14. The maximum atomic E-state index is 13.6. The smallest absolute Gasteiger partial charge is 0.341 e. The topological polar surface area (TPSA) is 60.3 Å². The van der Waals surface area contributed by atoms with Crippen LogP contribution in [-0.4, -0.2) is 23.1 Å². The zero-order valence-electron chi connectivity index (χ0n) is 20.6. The number of carbonyl (C=O) groups is 2. The number of esters is 1. The van der Waals surface area contributed by atoms with Gasteiger partial charge in [-0.3, -0.25) is 4.79 Å². The zero-order valence-corrected chi connectivity index (χ0v) is 21.4. The fourth-order valence-corrected chi connectivity index (χ4v) is 5.63. The number of anilines is 1. The van der Waals surface area contributed by atoms with Gasteiger partial charge in [0.25, 0.3) is 5.91 Å². The number of aryl methyl sites for hydroxylation is 4. The van der Waals surface area contributed by atoms with E-state index in [1.165, 1.54) is 29.0 Å². The first-order valence-electron chi connectivity index (χ1n) is 11.8. The Labute approximate surface area is 208 Å². The molecule has 0 radical (unpaired) electrons. The zero-order chi connectivity index (χ0) is 25.3. The highest BCUT2D eigenvalue weighted by molar-refractivity contribution is 7.17. The van der Waals surface area contributed by atoms with Crippen LogP contribution in [0.1, 0.15) is 57.6 Å². The molecule has 0 unspecified atom stereocenters. The number of aromatic nitrogens is 1. The van der Waals surface area contributed by atoms with Gasteiger partial charge in [0.2, 0.25) is 0 Å². The third-order valence-corrected chi connectivity index (χ3v) is 7.26. The van der Waals surface area contributed by atoms with Crippen molar-refractivity contribution in [1.29, 1.82) is 0 Å². The highest BCUT2D eigenvalue weighted by Crippen LogP contribution is 2.41. The molecule has 5 nitrogen and oxygen atoms in total. The molecule has 2 heterocycles. The van der Waals surface area contributed by atoms with Crippen LogP contribution >= 0.6 is 11.3 Å². The van der Waals surface area contributed by atoms with E-state index >= 15 is 0 Å². The van der Waals surface area contributed by atoms with E-state index in [9.17, 15) is 14.0 Å². The summed E-state index contributed by atoms with van der Waals surface area (Å²) in [5.41, 5.74) is 5.31. The largest absolute Gasteiger partial charge is 0.462 e. The van der Waals surface area contributed by atoms with Gasteiger partial charge in [0, 0.05) is 27.9 Å². The van der Waals surface area contributed by atoms with Gasteiger partial charge in [0.1, 0.15) is 22.1 Å². The molecule has 0 atom stereocenters. The van der Waals surface area contributed by atoms with Crippen LogP contribution < -0.4 is 5.32 Å². The molecule has 1 amide bonds. The van der Waals surface area contributed by atoms with Gasteiger partial charge in [-0.1, -0.05) is 25.1 Å². The molecule has 2 aromatic heterocycles. The van der Waals surface area contributed by atoms with Crippen LogP contribution in [0, 0.1) is 19.7 Å². The molecule has 4 aromatic rings. The second-order valence-electron chi connectivity index (χ2n) is 8.34. The molecule has 35 heavy (non-hydrogen) atoms. The molecule has 1 N–H and O–H groups in total. The van der Waals surface area contributed by atoms with Crippen LogP contribution in [0.3, 0.4) is 0 Å². The first-order chi connectivity index (χ1) is 16.8. The average Bonchev–Trinajstić information content (AvgIpc) is 3.32. The lowest BCUT2D eigenvalue weighted by Gasteiger charge is -2.11. The molecule has 0 bridgehead atoms. The summed E-state index contributed by atoms with van der Waals surface area (Å²) in [5, 5.41) is 4.47. The fraction of sp³-hybridized carbons (Fsp3) is 0.286. The molecule has 2 aromatic carbocycles. The van der Waals surface area contributed by atoms with Gasteiger partial charge in [-0.15, -0.1) is 11.3 Å². The Kier molecular flexibility index (Phi) is 7.08. The molecule has 0 saturated heterocycles. The van der Waals surface area contributed by atoms with E-state index in [0.29, 0.717) is 33.9 Å². The summed E-state index contributed by atoms with van der Waals surface area (Å²) < 4.78 is 20.9. The van der Waals surface area contributed by atoms with Crippen molar-refractivity contribution in [3.63, 3.8) is 0 Å². The van der Waals surface area contributed by atoms with Crippen molar-refractivity contribution in [2.75, 3.05) is 11.9 Å². The van der Waals surface area contributed by atoms with Gasteiger partial charge in [0.05, 0.1) is 6.61 Å². The Morgan fingerprint density at radius 3 is 2.40 bits per heavy atom. The second-order valence-corrected chi connectivity index (χ2v) is 9.57. The minimum Gasteiger partial charge on any atom is -0.462 e. The number of nitrogens with zero attached hydrogens (tertiary/aromatic N) is 1. The molecular weight excluding hydrogens is 463 g/mol. The van der Waals surface area contributed by atoms with E-state index in [1.807, 2.05) is 25.3 Å². The second kappa shape index (κ2) is 10.0. The molecule has 0 saturated carbocycles. The molecule has 0 fully saturated rings. The van der Waals surface area contributed by atoms with E-state index in [-0.39, 0.29) is 18.3 Å². The molecular formula is C28H29FN2O3S. The third-order valence-electron chi connectivity index (χ3n) is 6.24. The minimum absolute atomic E-state index is 0.201. The quantitative estimate of drug-likeness (QED) is 0.279. The number of fused-ring (bicyclic) bond motifs is 1. The Morgan fingerprint density at radius 1 is 1.06 bits per heavy atom. The van der Waals surface area contributed by atoms with Gasteiger partial charge in [0.15, 0.2) is 0 Å². The standard InChI is InChI=1S/C28H29FN2O3S/c1-6-18-9-14-22-21(15-18)16(4)25(31(22)7-2)26(32)30-27-24(28(33)34-8-3)23(17(5)35-27)19-10-12-20(29)13-11-19/h9-15H,6-8H2,1-5H3,(H,30,32). The summed E-state index contributed by atoms with van der Waals surface area (Å²) in [5.74, 6) is -1.16. The summed E-state index contributed by atoms with van der Waals surface area (Å²) in [7, 11) is 0. The summed E-state index contributed by atoms with van der Waals surface area (Å²) in [6.07, 6.45) is 0.914. The molecule has 0 aliphatic carbocycles. The van der Waals surface area contributed by atoms with E-state index < -0.39 is 5.97 Å². The number of nitrogens with one attached hydrogen (secondary N) is 1. The number of halogens is 1. The summed E-state index contributed by atoms with van der Waals surface area (Å²) >= 11 is 1.31. The van der Waals surface area contributed by atoms with Crippen molar-refractivity contribution in [2.24, 2.45) is 0 Å². The van der Waals surface area contributed by atoms with Gasteiger partial charge < -0.3 is 14.6 Å². The Morgan fingerprint density at radius 2 is 1.77 bits per heavy atom. The number of benzene rings is 2. The number of hydrogen-bond acceptors (Lipinski definition) is 4. The number of ether oxygens (including phenoxy) is 1. The molecule has 0 spiro atoms. The average molecular weight is 493 g/mol. The Balaban J connectivity index is 1.82. The Hall–Kier alpha value is -3.45. The van der Waals surface area contributed by atoms with Crippen LogP contribution in [0.15, 0.2) is 42.5 Å². The van der Waals surface area contributed by atoms with Crippen molar-refractivity contribution in [2.45, 2.75) is 47.6 Å². The van der Waals surface area contributed by atoms with Crippen molar-refractivity contribution in [1.82, 2.24) is 4.57 Å². The van der Waals surface area contributed by atoms with E-state index in [1.54, 1.807) is 19.1 Å². The predicted molar refractivity (Wildman–Crippen MR) is 140 cm³/mol. The van der Waals surface area contributed by atoms with Crippen LogP contribution in [-0.2, 0) is 17.7 Å². The van der Waals surface area contributed by atoms with Gasteiger partial charge in [-0.05, 0) is 75.1 Å².